The van der Waals surface area contributed by atoms with Crippen molar-refractivity contribution in [2.75, 3.05) is 12.4 Å². The first-order valence-corrected chi connectivity index (χ1v) is 6.92. The number of fused-ring (bicyclic) bond motifs is 1. The van der Waals surface area contributed by atoms with E-state index in [-0.39, 0.29) is 11.5 Å². The Labute approximate surface area is 123 Å². The monoisotopic (exact) mass is 301 g/mol. The molecule has 0 bridgehead atoms. The number of H-pyrrole nitrogens is 1. The van der Waals surface area contributed by atoms with E-state index in [9.17, 15) is 9.59 Å². The fourth-order valence-electron chi connectivity index (χ4n) is 1.81. The minimum absolute atomic E-state index is 0.195. The second-order valence-electron chi connectivity index (χ2n) is 4.24. The number of hydrogen-bond acceptors (Lipinski definition) is 5. The van der Waals surface area contributed by atoms with Gasteiger partial charge in [0, 0.05) is 11.6 Å². The molecule has 0 spiro atoms. The number of thiazole rings is 1. The number of methoxy groups -OCH3 is 1. The van der Waals surface area contributed by atoms with Gasteiger partial charge in [0.15, 0.2) is 5.13 Å². The lowest BCUT2D eigenvalue weighted by Crippen LogP contribution is -2.11. The van der Waals surface area contributed by atoms with Crippen LogP contribution in [0.15, 0.2) is 41.2 Å². The molecule has 0 unspecified atom stereocenters. The molecule has 106 valence electrons. The van der Waals surface area contributed by atoms with Gasteiger partial charge in [0.1, 0.15) is 16.1 Å². The maximum Gasteiger partial charge on any atom is 0.257 e. The Morgan fingerprint density at radius 3 is 2.71 bits per heavy atom. The standard InChI is InChI=1S/C14H11N3O3S/c1-20-9-4-2-8(3-5-9)12(19)17-14-15-10-6-7-11(18)16-13(10)21-14/h2-7H,1H3,(H,16,18)(H,15,17,19). The first-order chi connectivity index (χ1) is 10.2. The third kappa shape index (κ3) is 2.77. The van der Waals surface area contributed by atoms with Gasteiger partial charge in [0.2, 0.25) is 5.56 Å². The van der Waals surface area contributed by atoms with Crippen molar-refractivity contribution in [1.29, 1.82) is 0 Å². The van der Waals surface area contributed by atoms with Crippen molar-refractivity contribution in [3.05, 3.63) is 52.3 Å². The molecule has 1 amide bonds. The van der Waals surface area contributed by atoms with Gasteiger partial charge in [-0.3, -0.25) is 14.9 Å². The number of ether oxygens (including phenoxy) is 1. The highest BCUT2D eigenvalue weighted by molar-refractivity contribution is 7.21. The van der Waals surface area contributed by atoms with Crippen molar-refractivity contribution in [1.82, 2.24) is 9.97 Å². The number of pyridine rings is 1. The third-order valence-corrected chi connectivity index (χ3v) is 3.76. The average Bonchev–Trinajstić information content (AvgIpc) is 2.88. The number of rotatable bonds is 3. The Balaban J connectivity index is 1.83. The molecule has 0 radical (unpaired) electrons. The summed E-state index contributed by atoms with van der Waals surface area (Å²) in [5.74, 6) is 0.420. The van der Waals surface area contributed by atoms with Crippen LogP contribution in [0, 0.1) is 0 Å². The lowest BCUT2D eigenvalue weighted by atomic mass is 10.2. The summed E-state index contributed by atoms with van der Waals surface area (Å²) >= 11 is 1.22. The van der Waals surface area contributed by atoms with Crippen molar-refractivity contribution in [2.45, 2.75) is 0 Å². The summed E-state index contributed by atoms with van der Waals surface area (Å²) in [6, 6.07) is 9.78. The molecule has 3 rings (SSSR count). The number of nitrogens with zero attached hydrogens (tertiary/aromatic N) is 1. The van der Waals surface area contributed by atoms with E-state index in [2.05, 4.69) is 15.3 Å². The van der Waals surface area contributed by atoms with Gasteiger partial charge in [-0.1, -0.05) is 11.3 Å². The van der Waals surface area contributed by atoms with Gasteiger partial charge in [0.25, 0.3) is 5.91 Å². The van der Waals surface area contributed by atoms with Crippen LogP contribution in [0.25, 0.3) is 10.3 Å². The SMILES string of the molecule is COc1ccc(C(=O)Nc2nc3ccc(=O)[nH]c3s2)cc1. The van der Waals surface area contributed by atoms with E-state index in [1.165, 1.54) is 17.4 Å². The normalized spacial score (nSPS) is 10.5. The van der Waals surface area contributed by atoms with Gasteiger partial charge in [0.05, 0.1) is 7.11 Å². The predicted octanol–water partition coefficient (Wildman–Crippen LogP) is 2.25. The fourth-order valence-corrected chi connectivity index (χ4v) is 2.66. The number of aromatic amines is 1. The van der Waals surface area contributed by atoms with E-state index in [1.54, 1.807) is 37.4 Å². The van der Waals surface area contributed by atoms with Gasteiger partial charge in [-0.05, 0) is 30.3 Å². The third-order valence-electron chi connectivity index (χ3n) is 2.86. The number of amides is 1. The van der Waals surface area contributed by atoms with Gasteiger partial charge >= 0.3 is 0 Å². The number of carbonyl (C=O) groups is 1. The van der Waals surface area contributed by atoms with Crippen LogP contribution in [0.2, 0.25) is 0 Å². The Bertz CT molecular complexity index is 852. The quantitative estimate of drug-likeness (QED) is 0.777. The highest BCUT2D eigenvalue weighted by Gasteiger charge is 2.10. The van der Waals surface area contributed by atoms with Crippen LogP contribution in [0.4, 0.5) is 5.13 Å². The van der Waals surface area contributed by atoms with Gasteiger partial charge in [-0.2, -0.15) is 0 Å². The molecule has 1 aromatic carbocycles. The van der Waals surface area contributed by atoms with Crippen molar-refractivity contribution < 1.29 is 9.53 Å². The zero-order valence-electron chi connectivity index (χ0n) is 11.0. The molecule has 7 heteroatoms. The van der Waals surface area contributed by atoms with E-state index in [1.807, 2.05) is 0 Å². The number of hydrogen-bond donors (Lipinski definition) is 2. The molecule has 2 heterocycles. The molecule has 0 aliphatic rings. The predicted molar refractivity (Wildman–Crippen MR) is 81.2 cm³/mol. The van der Waals surface area contributed by atoms with E-state index < -0.39 is 0 Å². The summed E-state index contributed by atoms with van der Waals surface area (Å²) < 4.78 is 5.04. The molecule has 2 aromatic heterocycles. The van der Waals surface area contributed by atoms with E-state index in [4.69, 9.17) is 4.74 Å². The van der Waals surface area contributed by atoms with Gasteiger partial charge in [-0.15, -0.1) is 0 Å². The molecule has 0 aliphatic heterocycles. The highest BCUT2D eigenvalue weighted by atomic mass is 32.1. The van der Waals surface area contributed by atoms with E-state index in [0.29, 0.717) is 26.8 Å². The van der Waals surface area contributed by atoms with Crippen LogP contribution in [-0.2, 0) is 0 Å². The maximum absolute atomic E-state index is 12.1. The van der Waals surface area contributed by atoms with Crippen LogP contribution in [0.5, 0.6) is 5.75 Å². The number of aromatic nitrogens is 2. The average molecular weight is 301 g/mol. The van der Waals surface area contributed by atoms with E-state index in [0.717, 1.165) is 0 Å². The summed E-state index contributed by atoms with van der Waals surface area (Å²) in [6.07, 6.45) is 0. The van der Waals surface area contributed by atoms with Crippen LogP contribution in [0.1, 0.15) is 10.4 Å². The summed E-state index contributed by atoms with van der Waals surface area (Å²) in [5.41, 5.74) is 0.951. The van der Waals surface area contributed by atoms with Crippen molar-refractivity contribution in [2.24, 2.45) is 0 Å². The minimum Gasteiger partial charge on any atom is -0.497 e. The summed E-state index contributed by atoms with van der Waals surface area (Å²) in [5, 5.41) is 3.15. The summed E-state index contributed by atoms with van der Waals surface area (Å²) in [7, 11) is 1.57. The van der Waals surface area contributed by atoms with Gasteiger partial charge in [-0.25, -0.2) is 4.98 Å². The van der Waals surface area contributed by atoms with Crippen molar-refractivity contribution >= 4 is 32.7 Å². The number of nitrogens with one attached hydrogen (secondary N) is 2. The lowest BCUT2D eigenvalue weighted by molar-refractivity contribution is 0.102. The number of anilines is 1. The Morgan fingerprint density at radius 2 is 2.00 bits per heavy atom. The second-order valence-corrected chi connectivity index (χ2v) is 5.24. The highest BCUT2D eigenvalue weighted by Crippen LogP contribution is 2.23. The molecular formula is C14H11N3O3S. The molecule has 21 heavy (non-hydrogen) atoms. The molecule has 2 N–H and O–H groups in total. The number of carbonyl (C=O) groups excluding carboxylic acids is 1. The molecule has 0 saturated heterocycles. The molecule has 6 nitrogen and oxygen atoms in total. The molecule has 0 saturated carbocycles. The zero-order valence-corrected chi connectivity index (χ0v) is 11.9. The van der Waals surface area contributed by atoms with Crippen LogP contribution in [0.3, 0.4) is 0 Å². The molecule has 0 atom stereocenters. The molecular weight excluding hydrogens is 290 g/mol. The van der Waals surface area contributed by atoms with Crippen LogP contribution >= 0.6 is 11.3 Å². The molecule has 0 fully saturated rings. The smallest absolute Gasteiger partial charge is 0.257 e. The van der Waals surface area contributed by atoms with Crippen LogP contribution < -0.4 is 15.6 Å². The Morgan fingerprint density at radius 1 is 1.24 bits per heavy atom. The molecule has 3 aromatic rings. The minimum atomic E-state index is -0.265. The lowest BCUT2D eigenvalue weighted by Gasteiger charge is -2.03. The second kappa shape index (κ2) is 5.37. The first kappa shape index (κ1) is 13.3. The van der Waals surface area contributed by atoms with E-state index >= 15 is 0 Å². The summed E-state index contributed by atoms with van der Waals surface area (Å²) in [6.45, 7) is 0. The largest absolute Gasteiger partial charge is 0.497 e. The van der Waals surface area contributed by atoms with Crippen molar-refractivity contribution in [3.63, 3.8) is 0 Å². The first-order valence-electron chi connectivity index (χ1n) is 6.11. The Hall–Kier alpha value is -2.67. The maximum atomic E-state index is 12.1. The Kier molecular flexibility index (Phi) is 3.41. The number of benzene rings is 1. The summed E-state index contributed by atoms with van der Waals surface area (Å²) in [4.78, 5) is 30.9. The molecule has 0 aliphatic carbocycles. The zero-order chi connectivity index (χ0) is 14.8. The fraction of sp³-hybridized carbons (Fsp3) is 0.0714. The van der Waals surface area contributed by atoms with Gasteiger partial charge < -0.3 is 9.72 Å². The van der Waals surface area contributed by atoms with Crippen LogP contribution in [-0.4, -0.2) is 23.0 Å². The van der Waals surface area contributed by atoms with Crippen molar-refractivity contribution in [3.8, 4) is 5.75 Å². The topological polar surface area (TPSA) is 84.1 Å².